The smallest absolute Gasteiger partial charge is 0.264 e. The van der Waals surface area contributed by atoms with Crippen molar-refractivity contribution in [2.45, 2.75) is 57.1 Å². The lowest BCUT2D eigenvalue weighted by Crippen LogP contribution is -2.56. The average Bonchev–Trinajstić information content (AvgIpc) is 3.05. The van der Waals surface area contributed by atoms with Crippen molar-refractivity contribution in [3.63, 3.8) is 0 Å². The molecule has 10 heteroatoms. The van der Waals surface area contributed by atoms with Crippen molar-refractivity contribution in [2.75, 3.05) is 25.1 Å². The first-order valence-corrected chi connectivity index (χ1v) is 16.8. The second-order valence-corrected chi connectivity index (χ2v) is 14.1. The second-order valence-electron chi connectivity index (χ2n) is 12.3. The third-order valence-electron chi connectivity index (χ3n) is 7.65. The topological polar surface area (TPSA) is 105 Å². The van der Waals surface area contributed by atoms with Crippen LogP contribution in [0.2, 0.25) is 0 Å². The number of para-hydroxylation sites is 2. The van der Waals surface area contributed by atoms with Crippen LogP contribution in [0.25, 0.3) is 0 Å². The van der Waals surface area contributed by atoms with Crippen LogP contribution >= 0.6 is 0 Å². The number of sulfonamides is 1. The maximum absolute atomic E-state index is 14.7. The van der Waals surface area contributed by atoms with Gasteiger partial charge in [0.25, 0.3) is 10.0 Å². The van der Waals surface area contributed by atoms with Gasteiger partial charge in [-0.15, -0.1) is 0 Å². The summed E-state index contributed by atoms with van der Waals surface area (Å²) in [5.74, 6) is -0.137. The third kappa shape index (κ3) is 8.92. The Kier molecular flexibility index (Phi) is 11.3. The lowest BCUT2D eigenvalue weighted by atomic mass is 10.00. The fraction of sp³-hybridized carbons (Fsp3) is 0.297. The Morgan fingerprint density at radius 2 is 1.43 bits per heavy atom. The zero-order valence-corrected chi connectivity index (χ0v) is 28.6. The van der Waals surface area contributed by atoms with Crippen LogP contribution in [0, 0.1) is 6.92 Å². The Balaban J connectivity index is 1.85. The normalized spacial score (nSPS) is 12.1. The van der Waals surface area contributed by atoms with Crippen molar-refractivity contribution in [2.24, 2.45) is 0 Å². The van der Waals surface area contributed by atoms with E-state index >= 15 is 0 Å². The Morgan fingerprint density at radius 3 is 2.04 bits per heavy atom. The van der Waals surface area contributed by atoms with Gasteiger partial charge in [-0.2, -0.15) is 0 Å². The van der Waals surface area contributed by atoms with Gasteiger partial charge in [-0.05, 0) is 80.8 Å². The Labute approximate surface area is 278 Å². The number of anilines is 1. The van der Waals surface area contributed by atoms with Gasteiger partial charge in [-0.3, -0.25) is 13.9 Å². The molecule has 0 aliphatic heterocycles. The van der Waals surface area contributed by atoms with Gasteiger partial charge >= 0.3 is 0 Å². The first-order valence-electron chi connectivity index (χ1n) is 15.3. The van der Waals surface area contributed by atoms with E-state index in [2.05, 4.69) is 5.32 Å². The quantitative estimate of drug-likeness (QED) is 0.196. The van der Waals surface area contributed by atoms with Crippen LogP contribution < -0.4 is 19.1 Å². The minimum Gasteiger partial charge on any atom is -0.497 e. The first kappa shape index (κ1) is 35.0. The molecule has 0 bridgehead atoms. The minimum absolute atomic E-state index is 0.0335. The van der Waals surface area contributed by atoms with Crippen molar-refractivity contribution in [1.29, 1.82) is 0 Å². The van der Waals surface area contributed by atoms with E-state index in [1.807, 2.05) is 82.3 Å². The van der Waals surface area contributed by atoms with Crippen molar-refractivity contribution >= 4 is 27.5 Å². The van der Waals surface area contributed by atoms with Crippen LogP contribution in [0.3, 0.4) is 0 Å². The number of nitrogens with one attached hydrogen (secondary N) is 1. The second kappa shape index (κ2) is 15.2. The van der Waals surface area contributed by atoms with Gasteiger partial charge in [-0.1, -0.05) is 66.7 Å². The molecule has 1 atom stereocenters. The van der Waals surface area contributed by atoms with E-state index < -0.39 is 34.1 Å². The number of carbonyl (C=O) groups is 2. The molecule has 0 spiro atoms. The van der Waals surface area contributed by atoms with Crippen molar-refractivity contribution < 1.29 is 27.5 Å². The SMILES string of the molecule is COc1ccc(S(=O)(=O)N(CC(=O)N(Cc2ccccc2C)[C@@H](Cc2ccccc2)C(=O)NC(C)(C)C)c2ccccc2OC)cc1. The van der Waals surface area contributed by atoms with Crippen LogP contribution in [0.1, 0.15) is 37.5 Å². The number of hydrogen-bond acceptors (Lipinski definition) is 6. The predicted octanol–water partition coefficient (Wildman–Crippen LogP) is 5.76. The molecule has 9 nitrogen and oxygen atoms in total. The van der Waals surface area contributed by atoms with Crippen LogP contribution in [0.5, 0.6) is 11.5 Å². The molecular weight excluding hydrogens is 614 g/mol. The average molecular weight is 658 g/mol. The summed E-state index contributed by atoms with van der Waals surface area (Å²) in [7, 11) is -1.37. The molecule has 0 unspecified atom stereocenters. The highest BCUT2D eigenvalue weighted by Crippen LogP contribution is 2.33. The van der Waals surface area contributed by atoms with Gasteiger partial charge in [-0.25, -0.2) is 8.42 Å². The summed E-state index contributed by atoms with van der Waals surface area (Å²) in [5, 5.41) is 3.05. The van der Waals surface area contributed by atoms with E-state index in [0.717, 1.165) is 21.0 Å². The van der Waals surface area contributed by atoms with Crippen LogP contribution in [0.4, 0.5) is 5.69 Å². The van der Waals surface area contributed by atoms with Gasteiger partial charge in [0, 0.05) is 18.5 Å². The molecular formula is C37H43N3O6S. The zero-order valence-electron chi connectivity index (χ0n) is 27.8. The maximum atomic E-state index is 14.7. The molecule has 0 fully saturated rings. The number of aryl methyl sites for hydroxylation is 1. The van der Waals surface area contributed by atoms with E-state index in [-0.39, 0.29) is 35.2 Å². The Bertz CT molecular complexity index is 1770. The molecule has 0 saturated carbocycles. The van der Waals surface area contributed by atoms with E-state index in [9.17, 15) is 18.0 Å². The molecule has 248 valence electrons. The summed E-state index contributed by atoms with van der Waals surface area (Å²) >= 11 is 0. The number of nitrogens with zero attached hydrogens (tertiary/aromatic N) is 2. The summed E-state index contributed by atoms with van der Waals surface area (Å²) in [6, 6.07) is 28.7. The van der Waals surface area contributed by atoms with Gasteiger partial charge < -0.3 is 19.7 Å². The zero-order chi connectivity index (χ0) is 34.2. The summed E-state index contributed by atoms with van der Waals surface area (Å²) < 4.78 is 40.5. The van der Waals surface area contributed by atoms with Crippen LogP contribution in [-0.4, -0.2) is 57.5 Å². The highest BCUT2D eigenvalue weighted by molar-refractivity contribution is 7.92. The molecule has 0 saturated heterocycles. The molecule has 0 heterocycles. The molecule has 4 aromatic rings. The van der Waals surface area contributed by atoms with Crippen molar-refractivity contribution in [3.8, 4) is 11.5 Å². The van der Waals surface area contributed by atoms with Crippen LogP contribution in [-0.2, 0) is 32.6 Å². The number of amides is 2. The predicted molar refractivity (Wildman–Crippen MR) is 184 cm³/mol. The number of rotatable bonds is 13. The standard InChI is InChI=1S/C37H43N3O6S/c1-27-14-10-11-17-29(27)25-39(33(36(42)38-37(2,3)4)24-28-15-8-7-9-16-28)35(41)26-40(32-18-12-13-19-34(32)46-6)47(43,44)31-22-20-30(45-5)21-23-31/h7-23,33H,24-26H2,1-6H3,(H,38,42)/t33-/m0/s1. The number of ether oxygens (including phenoxy) is 2. The lowest BCUT2D eigenvalue weighted by Gasteiger charge is -2.35. The van der Waals surface area contributed by atoms with Gasteiger partial charge in [0.15, 0.2) is 0 Å². The van der Waals surface area contributed by atoms with E-state index in [4.69, 9.17) is 9.47 Å². The number of benzene rings is 4. The molecule has 0 aliphatic carbocycles. The van der Waals surface area contributed by atoms with E-state index in [1.165, 1.54) is 31.3 Å². The molecule has 4 rings (SSSR count). The van der Waals surface area contributed by atoms with Gasteiger partial charge in [0.05, 0.1) is 24.8 Å². The minimum atomic E-state index is -4.31. The molecule has 2 amide bonds. The fourth-order valence-electron chi connectivity index (χ4n) is 5.20. The summed E-state index contributed by atoms with van der Waals surface area (Å²) in [6.45, 7) is 7.07. The molecule has 4 aromatic carbocycles. The number of methoxy groups -OCH3 is 2. The van der Waals surface area contributed by atoms with E-state index in [1.54, 1.807) is 36.4 Å². The third-order valence-corrected chi connectivity index (χ3v) is 9.43. The summed E-state index contributed by atoms with van der Waals surface area (Å²) in [6.07, 6.45) is 0.222. The highest BCUT2D eigenvalue weighted by atomic mass is 32.2. The number of hydrogen-bond donors (Lipinski definition) is 1. The van der Waals surface area contributed by atoms with E-state index in [0.29, 0.717) is 5.75 Å². The number of carbonyl (C=O) groups excluding carboxylic acids is 2. The largest absolute Gasteiger partial charge is 0.497 e. The molecule has 0 radical (unpaired) electrons. The molecule has 0 aromatic heterocycles. The van der Waals surface area contributed by atoms with Crippen molar-refractivity contribution in [1.82, 2.24) is 10.2 Å². The summed E-state index contributed by atoms with van der Waals surface area (Å²) in [4.78, 5) is 30.2. The fourth-order valence-corrected chi connectivity index (χ4v) is 6.63. The monoisotopic (exact) mass is 657 g/mol. The van der Waals surface area contributed by atoms with Gasteiger partial charge in [0.1, 0.15) is 24.1 Å². The Morgan fingerprint density at radius 1 is 0.809 bits per heavy atom. The Hall–Kier alpha value is -4.83. The van der Waals surface area contributed by atoms with Crippen LogP contribution in [0.15, 0.2) is 108 Å². The lowest BCUT2D eigenvalue weighted by molar-refractivity contribution is -0.140. The highest BCUT2D eigenvalue weighted by Gasteiger charge is 2.36. The maximum Gasteiger partial charge on any atom is 0.264 e. The first-order chi connectivity index (χ1) is 22.3. The van der Waals surface area contributed by atoms with Crippen molar-refractivity contribution in [3.05, 3.63) is 120 Å². The molecule has 1 N–H and O–H groups in total. The summed E-state index contributed by atoms with van der Waals surface area (Å²) in [5.41, 5.74) is 2.24. The van der Waals surface area contributed by atoms with Gasteiger partial charge in [0.2, 0.25) is 11.8 Å². The molecule has 0 aliphatic rings. The molecule has 47 heavy (non-hydrogen) atoms.